The largest absolute Gasteiger partial charge is 0.481 e. The number of aryl methyl sites for hydroxylation is 4. The topological polar surface area (TPSA) is 62.7 Å². The molecule has 36 heavy (non-hydrogen) atoms. The minimum Gasteiger partial charge on any atom is -0.481 e. The Morgan fingerprint density at radius 3 is 1.06 bits per heavy atom. The number of ether oxygens (including phenoxy) is 4. The minimum atomic E-state index is 0.416. The van der Waals surface area contributed by atoms with Crippen LogP contribution in [0.2, 0.25) is 0 Å². The Kier molecular flexibility index (Phi) is 7.15. The van der Waals surface area contributed by atoms with Crippen LogP contribution >= 0.6 is 0 Å². The summed E-state index contributed by atoms with van der Waals surface area (Å²) in [4.78, 5) is 9.29. The predicted molar refractivity (Wildman–Crippen MR) is 143 cm³/mol. The summed E-state index contributed by atoms with van der Waals surface area (Å²) < 4.78 is 22.8. The third kappa shape index (κ3) is 4.85. The molecule has 0 aliphatic rings. The van der Waals surface area contributed by atoms with Crippen molar-refractivity contribution in [2.45, 2.75) is 27.7 Å². The summed E-state index contributed by atoms with van der Waals surface area (Å²) in [5.74, 6) is 1.75. The maximum atomic E-state index is 5.85. The van der Waals surface area contributed by atoms with Crippen molar-refractivity contribution in [1.29, 1.82) is 0 Å². The van der Waals surface area contributed by atoms with Crippen LogP contribution < -0.4 is 18.9 Å². The van der Waals surface area contributed by atoms with Gasteiger partial charge in [0.05, 0.1) is 39.6 Å². The zero-order chi connectivity index (χ0) is 26.0. The van der Waals surface area contributed by atoms with Crippen molar-refractivity contribution < 1.29 is 18.9 Å². The Labute approximate surface area is 212 Å². The van der Waals surface area contributed by atoms with Crippen LogP contribution in [0.15, 0.2) is 48.5 Å². The molecule has 0 aliphatic carbocycles. The van der Waals surface area contributed by atoms with Gasteiger partial charge in [0.25, 0.3) is 0 Å². The van der Waals surface area contributed by atoms with E-state index in [1.807, 2.05) is 12.1 Å². The molecular formula is C30H32N2O4. The summed E-state index contributed by atoms with van der Waals surface area (Å²) >= 11 is 0. The van der Waals surface area contributed by atoms with Crippen LogP contribution in [0.25, 0.3) is 33.4 Å². The van der Waals surface area contributed by atoms with Gasteiger partial charge in [-0.25, -0.2) is 0 Å². The smallest absolute Gasteiger partial charge is 0.225 e. The van der Waals surface area contributed by atoms with Gasteiger partial charge in [0.1, 0.15) is 0 Å². The molecule has 4 aromatic rings. The monoisotopic (exact) mass is 484 g/mol. The Balaban J connectivity index is 2.18. The summed E-state index contributed by atoms with van der Waals surface area (Å²) in [5.41, 5.74) is 9.99. The first-order valence-electron chi connectivity index (χ1n) is 11.7. The van der Waals surface area contributed by atoms with Gasteiger partial charge >= 0.3 is 0 Å². The number of methoxy groups -OCH3 is 4. The molecule has 0 fully saturated rings. The van der Waals surface area contributed by atoms with Crippen LogP contribution in [0.5, 0.6) is 23.5 Å². The standard InChI is InChI=1S/C30H32N2O4/c1-17-9-18(2)12-21(11-17)23-15-25(33-5)31-29(35-7)27(23)28-24(16-26(34-6)32-30(28)36-8)22-13-19(3)10-20(4)14-22/h9-16H,1-8H3. The molecule has 6 nitrogen and oxygen atoms in total. The van der Waals surface area contributed by atoms with Crippen LogP contribution in [0.3, 0.4) is 0 Å². The van der Waals surface area contributed by atoms with E-state index < -0.39 is 0 Å². The number of hydrogen-bond acceptors (Lipinski definition) is 6. The Morgan fingerprint density at radius 2 is 0.778 bits per heavy atom. The average molecular weight is 485 g/mol. The van der Waals surface area contributed by atoms with Gasteiger partial charge in [0, 0.05) is 23.3 Å². The number of benzene rings is 2. The van der Waals surface area contributed by atoms with Crippen LogP contribution in [0.1, 0.15) is 22.3 Å². The highest BCUT2D eigenvalue weighted by Gasteiger charge is 2.26. The van der Waals surface area contributed by atoms with Crippen LogP contribution in [-0.2, 0) is 0 Å². The van der Waals surface area contributed by atoms with Gasteiger partial charge in [-0.2, -0.15) is 9.97 Å². The molecule has 2 aromatic heterocycles. The summed E-state index contributed by atoms with van der Waals surface area (Å²) in [6.07, 6.45) is 0. The highest BCUT2D eigenvalue weighted by Crippen LogP contribution is 2.49. The van der Waals surface area contributed by atoms with E-state index in [1.54, 1.807) is 28.4 Å². The number of rotatable bonds is 7. The van der Waals surface area contributed by atoms with Crippen LogP contribution in [0, 0.1) is 27.7 Å². The number of hydrogen-bond donors (Lipinski definition) is 0. The molecule has 0 saturated heterocycles. The summed E-state index contributed by atoms with van der Waals surface area (Å²) in [7, 11) is 6.42. The first-order chi connectivity index (χ1) is 17.3. The fourth-order valence-corrected chi connectivity index (χ4v) is 4.70. The molecule has 0 N–H and O–H groups in total. The lowest BCUT2D eigenvalue weighted by atomic mass is 9.89. The van der Waals surface area contributed by atoms with Gasteiger partial charge < -0.3 is 18.9 Å². The maximum Gasteiger partial charge on any atom is 0.225 e. The van der Waals surface area contributed by atoms with Crippen molar-refractivity contribution in [2.24, 2.45) is 0 Å². The lowest BCUT2D eigenvalue weighted by Gasteiger charge is -2.21. The summed E-state index contributed by atoms with van der Waals surface area (Å²) in [6.45, 7) is 8.34. The van der Waals surface area contributed by atoms with Gasteiger partial charge in [-0.15, -0.1) is 0 Å². The molecule has 0 atom stereocenters. The third-order valence-corrected chi connectivity index (χ3v) is 6.05. The molecule has 6 heteroatoms. The Bertz CT molecular complexity index is 1280. The second kappa shape index (κ2) is 10.3. The van der Waals surface area contributed by atoms with Gasteiger partial charge in [-0.1, -0.05) is 58.7 Å². The number of pyridine rings is 2. The van der Waals surface area contributed by atoms with Crippen molar-refractivity contribution >= 4 is 0 Å². The van der Waals surface area contributed by atoms with E-state index >= 15 is 0 Å². The minimum absolute atomic E-state index is 0.416. The zero-order valence-corrected chi connectivity index (χ0v) is 22.1. The lowest BCUT2D eigenvalue weighted by molar-refractivity contribution is 0.361. The normalized spacial score (nSPS) is 10.8. The maximum absolute atomic E-state index is 5.85. The second-order valence-corrected chi connectivity index (χ2v) is 8.95. The van der Waals surface area contributed by atoms with Crippen molar-refractivity contribution in [3.63, 3.8) is 0 Å². The van der Waals surface area contributed by atoms with Crippen molar-refractivity contribution in [2.75, 3.05) is 28.4 Å². The first kappa shape index (κ1) is 25.0. The highest BCUT2D eigenvalue weighted by molar-refractivity contribution is 5.97. The molecule has 0 bridgehead atoms. The predicted octanol–water partition coefficient (Wildman–Crippen LogP) is 6.75. The fourth-order valence-electron chi connectivity index (χ4n) is 4.70. The molecule has 0 aliphatic heterocycles. The Hall–Kier alpha value is -4.06. The highest BCUT2D eigenvalue weighted by atomic mass is 16.5. The molecule has 2 aromatic carbocycles. The summed E-state index contributed by atoms with van der Waals surface area (Å²) in [5, 5.41) is 0. The molecule has 0 amide bonds. The van der Waals surface area contributed by atoms with Crippen molar-refractivity contribution in [3.8, 4) is 56.9 Å². The van der Waals surface area contributed by atoms with Gasteiger partial charge in [0.15, 0.2) is 0 Å². The molecule has 4 rings (SSSR count). The van der Waals surface area contributed by atoms with E-state index in [4.69, 9.17) is 18.9 Å². The molecule has 186 valence electrons. The average Bonchev–Trinajstić information content (AvgIpc) is 2.85. The van der Waals surface area contributed by atoms with Gasteiger partial charge in [-0.3, -0.25) is 0 Å². The number of aromatic nitrogens is 2. The van der Waals surface area contributed by atoms with E-state index in [9.17, 15) is 0 Å². The van der Waals surface area contributed by atoms with E-state index in [2.05, 4.69) is 74.1 Å². The van der Waals surface area contributed by atoms with E-state index in [0.29, 0.717) is 23.5 Å². The molecular weight excluding hydrogens is 452 g/mol. The molecule has 0 radical (unpaired) electrons. The third-order valence-electron chi connectivity index (χ3n) is 6.05. The van der Waals surface area contributed by atoms with Crippen LogP contribution in [-0.4, -0.2) is 38.4 Å². The van der Waals surface area contributed by atoms with Gasteiger partial charge in [-0.05, 0) is 38.8 Å². The number of nitrogens with zero attached hydrogens (tertiary/aromatic N) is 2. The first-order valence-corrected chi connectivity index (χ1v) is 11.7. The molecule has 0 saturated carbocycles. The SMILES string of the molecule is COc1cc(-c2cc(C)cc(C)c2)c(-c2c(-c3cc(C)cc(C)c3)cc(OC)nc2OC)c(OC)n1. The van der Waals surface area contributed by atoms with E-state index in [1.165, 1.54) is 0 Å². The van der Waals surface area contributed by atoms with Crippen molar-refractivity contribution in [1.82, 2.24) is 9.97 Å². The van der Waals surface area contributed by atoms with Gasteiger partial charge in [0.2, 0.25) is 23.5 Å². The molecule has 0 spiro atoms. The summed E-state index contributed by atoms with van der Waals surface area (Å²) in [6, 6.07) is 16.7. The van der Waals surface area contributed by atoms with E-state index in [0.717, 1.165) is 55.6 Å². The Morgan fingerprint density at radius 1 is 0.444 bits per heavy atom. The van der Waals surface area contributed by atoms with Crippen molar-refractivity contribution in [3.05, 3.63) is 70.8 Å². The van der Waals surface area contributed by atoms with E-state index in [-0.39, 0.29) is 0 Å². The van der Waals surface area contributed by atoms with Crippen LogP contribution in [0.4, 0.5) is 0 Å². The molecule has 2 heterocycles. The second-order valence-electron chi connectivity index (χ2n) is 8.95. The quantitative estimate of drug-likeness (QED) is 0.289. The molecule has 0 unspecified atom stereocenters. The lowest BCUT2D eigenvalue weighted by Crippen LogP contribution is -2.03. The fraction of sp³-hybridized carbons (Fsp3) is 0.267. The zero-order valence-electron chi connectivity index (χ0n) is 22.1.